The molecule has 2 aromatic rings. The Bertz CT molecular complexity index is 615. The van der Waals surface area contributed by atoms with Crippen LogP contribution in [0.2, 0.25) is 15.1 Å². The summed E-state index contributed by atoms with van der Waals surface area (Å²) < 4.78 is 5.16. The summed E-state index contributed by atoms with van der Waals surface area (Å²) in [5.41, 5.74) is 0.619. The van der Waals surface area contributed by atoms with Gasteiger partial charge in [-0.3, -0.25) is 4.79 Å². The van der Waals surface area contributed by atoms with Crippen LogP contribution in [0, 0.1) is 0 Å². The summed E-state index contributed by atoms with van der Waals surface area (Å²) in [7, 11) is 1.50. The second-order valence-corrected chi connectivity index (χ2v) is 5.02. The van der Waals surface area contributed by atoms with Gasteiger partial charge in [-0.2, -0.15) is 0 Å². The molecule has 0 aliphatic heterocycles. The lowest BCUT2D eigenvalue weighted by Gasteiger charge is -2.10. The number of benzene rings is 2. The fourth-order valence-corrected chi connectivity index (χ4v) is 2.71. The Hall–Kier alpha value is -1.22. The first-order valence-corrected chi connectivity index (χ1v) is 6.50. The van der Waals surface area contributed by atoms with Crippen LogP contribution >= 0.6 is 34.8 Å². The number of rotatable bonds is 3. The van der Waals surface area contributed by atoms with E-state index in [0.717, 1.165) is 0 Å². The van der Waals surface area contributed by atoms with E-state index in [9.17, 15) is 4.79 Å². The molecular formula is C14H9Cl3O2. The Balaban J connectivity index is 2.57. The van der Waals surface area contributed by atoms with Crippen LogP contribution in [0.15, 0.2) is 36.4 Å². The molecule has 0 amide bonds. The molecule has 2 nitrogen and oxygen atoms in total. The van der Waals surface area contributed by atoms with E-state index in [4.69, 9.17) is 39.5 Å². The number of carbonyl (C=O) groups is 1. The average Bonchev–Trinajstić information content (AvgIpc) is 2.37. The first-order valence-electron chi connectivity index (χ1n) is 5.37. The topological polar surface area (TPSA) is 26.3 Å². The second-order valence-electron chi connectivity index (χ2n) is 3.77. The van der Waals surface area contributed by atoms with E-state index in [1.165, 1.54) is 19.2 Å². The van der Waals surface area contributed by atoms with Gasteiger partial charge in [0, 0.05) is 5.02 Å². The molecule has 19 heavy (non-hydrogen) atoms. The maximum absolute atomic E-state index is 12.5. The predicted octanol–water partition coefficient (Wildman–Crippen LogP) is 4.89. The van der Waals surface area contributed by atoms with Crippen molar-refractivity contribution in [2.45, 2.75) is 0 Å². The molecule has 0 heterocycles. The van der Waals surface area contributed by atoms with Gasteiger partial charge in [0.25, 0.3) is 0 Å². The molecule has 0 bridgehead atoms. The molecule has 0 fully saturated rings. The number of hydrogen-bond acceptors (Lipinski definition) is 2. The molecular weight excluding hydrogens is 307 g/mol. The van der Waals surface area contributed by atoms with Crippen molar-refractivity contribution < 1.29 is 9.53 Å². The third-order valence-corrected chi connectivity index (χ3v) is 3.40. The minimum absolute atomic E-state index is 0.216. The smallest absolute Gasteiger partial charge is 0.199 e. The Morgan fingerprint density at radius 1 is 1.05 bits per heavy atom. The summed E-state index contributed by atoms with van der Waals surface area (Å²) in [6.07, 6.45) is 0. The fraction of sp³-hybridized carbons (Fsp3) is 0.0714. The zero-order valence-corrected chi connectivity index (χ0v) is 12.2. The Labute approximate surface area is 125 Å². The molecule has 0 unspecified atom stereocenters. The van der Waals surface area contributed by atoms with Crippen molar-refractivity contribution in [2.24, 2.45) is 0 Å². The number of methoxy groups -OCH3 is 1. The lowest BCUT2D eigenvalue weighted by molar-refractivity contribution is 0.103. The summed E-state index contributed by atoms with van der Waals surface area (Å²) in [5.74, 6) is 0.165. The number of para-hydroxylation sites is 1. The standard InChI is InChI=1S/C14H9Cl3O2/c1-19-12-5-3-2-4-9(12)14(18)13-10(16)6-8(15)7-11(13)17/h2-7H,1H3. The van der Waals surface area contributed by atoms with E-state index in [1.54, 1.807) is 24.3 Å². The van der Waals surface area contributed by atoms with E-state index in [1.807, 2.05) is 0 Å². The van der Waals surface area contributed by atoms with Crippen LogP contribution < -0.4 is 4.74 Å². The molecule has 2 aromatic carbocycles. The van der Waals surface area contributed by atoms with Crippen molar-refractivity contribution in [1.82, 2.24) is 0 Å². The third-order valence-electron chi connectivity index (χ3n) is 2.59. The van der Waals surface area contributed by atoms with Crippen molar-refractivity contribution in [2.75, 3.05) is 7.11 Å². The van der Waals surface area contributed by atoms with Gasteiger partial charge in [0.1, 0.15) is 5.75 Å². The van der Waals surface area contributed by atoms with E-state index in [-0.39, 0.29) is 21.4 Å². The molecule has 0 saturated heterocycles. The highest BCUT2D eigenvalue weighted by Gasteiger charge is 2.20. The average molecular weight is 316 g/mol. The molecule has 0 aromatic heterocycles. The Morgan fingerprint density at radius 2 is 1.63 bits per heavy atom. The number of hydrogen-bond donors (Lipinski definition) is 0. The molecule has 0 N–H and O–H groups in total. The Morgan fingerprint density at radius 3 is 2.21 bits per heavy atom. The minimum atomic E-state index is -0.302. The van der Waals surface area contributed by atoms with Crippen LogP contribution in [0.1, 0.15) is 15.9 Å². The van der Waals surface area contributed by atoms with E-state index in [2.05, 4.69) is 0 Å². The highest BCUT2D eigenvalue weighted by Crippen LogP contribution is 2.32. The molecule has 98 valence electrons. The zero-order valence-electron chi connectivity index (χ0n) is 9.91. The van der Waals surface area contributed by atoms with Gasteiger partial charge in [-0.1, -0.05) is 46.9 Å². The molecule has 0 spiro atoms. The number of ketones is 1. The summed E-state index contributed by atoms with van der Waals surface area (Å²) in [4.78, 5) is 12.5. The highest BCUT2D eigenvalue weighted by atomic mass is 35.5. The van der Waals surface area contributed by atoms with Crippen LogP contribution in [0.4, 0.5) is 0 Å². The van der Waals surface area contributed by atoms with Gasteiger partial charge in [0.05, 0.1) is 28.3 Å². The summed E-state index contributed by atoms with van der Waals surface area (Å²) in [6, 6.07) is 9.84. The maximum atomic E-state index is 12.5. The van der Waals surface area contributed by atoms with Crippen molar-refractivity contribution in [3.8, 4) is 5.75 Å². The normalized spacial score (nSPS) is 10.3. The van der Waals surface area contributed by atoms with Crippen LogP contribution in [0.5, 0.6) is 5.75 Å². The van der Waals surface area contributed by atoms with Gasteiger partial charge in [0.15, 0.2) is 5.78 Å². The molecule has 0 saturated carbocycles. The van der Waals surface area contributed by atoms with E-state index >= 15 is 0 Å². The monoisotopic (exact) mass is 314 g/mol. The zero-order chi connectivity index (χ0) is 14.0. The lowest BCUT2D eigenvalue weighted by Crippen LogP contribution is -2.05. The summed E-state index contributed by atoms with van der Waals surface area (Å²) in [5, 5.41) is 0.813. The highest BCUT2D eigenvalue weighted by molar-refractivity contribution is 6.43. The van der Waals surface area contributed by atoms with Gasteiger partial charge in [-0.15, -0.1) is 0 Å². The van der Waals surface area contributed by atoms with Crippen LogP contribution in [-0.2, 0) is 0 Å². The molecule has 2 rings (SSSR count). The van der Waals surface area contributed by atoms with Crippen molar-refractivity contribution in [3.63, 3.8) is 0 Å². The van der Waals surface area contributed by atoms with Crippen molar-refractivity contribution >= 4 is 40.6 Å². The van der Waals surface area contributed by atoms with Gasteiger partial charge >= 0.3 is 0 Å². The van der Waals surface area contributed by atoms with E-state index in [0.29, 0.717) is 16.3 Å². The number of carbonyl (C=O) groups excluding carboxylic acids is 1. The summed E-state index contributed by atoms with van der Waals surface area (Å²) in [6.45, 7) is 0. The van der Waals surface area contributed by atoms with Gasteiger partial charge < -0.3 is 4.74 Å². The van der Waals surface area contributed by atoms with Crippen molar-refractivity contribution in [1.29, 1.82) is 0 Å². The van der Waals surface area contributed by atoms with Crippen LogP contribution in [0.3, 0.4) is 0 Å². The fourth-order valence-electron chi connectivity index (χ4n) is 1.73. The molecule has 0 aliphatic rings. The van der Waals surface area contributed by atoms with Crippen molar-refractivity contribution in [3.05, 3.63) is 62.6 Å². The molecule has 0 radical (unpaired) electrons. The first kappa shape index (κ1) is 14.2. The van der Waals surface area contributed by atoms with Gasteiger partial charge in [-0.25, -0.2) is 0 Å². The molecule has 0 atom stereocenters. The third kappa shape index (κ3) is 2.86. The largest absolute Gasteiger partial charge is 0.496 e. The summed E-state index contributed by atoms with van der Waals surface area (Å²) >= 11 is 17.9. The van der Waals surface area contributed by atoms with E-state index < -0.39 is 0 Å². The first-order chi connectivity index (χ1) is 9.04. The van der Waals surface area contributed by atoms with Crippen LogP contribution in [0.25, 0.3) is 0 Å². The maximum Gasteiger partial charge on any atom is 0.199 e. The second kappa shape index (κ2) is 5.83. The van der Waals surface area contributed by atoms with Gasteiger partial charge in [-0.05, 0) is 24.3 Å². The number of ether oxygens (including phenoxy) is 1. The molecule has 5 heteroatoms. The number of halogens is 3. The van der Waals surface area contributed by atoms with Gasteiger partial charge in [0.2, 0.25) is 0 Å². The Kier molecular flexibility index (Phi) is 4.35. The lowest BCUT2D eigenvalue weighted by atomic mass is 10.0. The van der Waals surface area contributed by atoms with Crippen LogP contribution in [-0.4, -0.2) is 12.9 Å². The quantitative estimate of drug-likeness (QED) is 0.754. The predicted molar refractivity (Wildman–Crippen MR) is 77.9 cm³/mol. The molecule has 0 aliphatic carbocycles. The SMILES string of the molecule is COc1ccccc1C(=O)c1c(Cl)cc(Cl)cc1Cl. The minimum Gasteiger partial charge on any atom is -0.496 e.